The lowest BCUT2D eigenvalue weighted by atomic mass is 9.80. The lowest BCUT2D eigenvalue weighted by Gasteiger charge is -2.37. The van der Waals surface area contributed by atoms with Gasteiger partial charge in [-0.05, 0) is 25.2 Å². The minimum absolute atomic E-state index is 0.0321. The van der Waals surface area contributed by atoms with E-state index in [0.717, 1.165) is 25.7 Å². The summed E-state index contributed by atoms with van der Waals surface area (Å²) in [6.07, 6.45) is 5.14. The Bertz CT molecular complexity index is 428. The van der Waals surface area contributed by atoms with Crippen molar-refractivity contribution in [2.24, 2.45) is 5.92 Å². The predicted octanol–water partition coefficient (Wildman–Crippen LogP) is 1.40. The van der Waals surface area contributed by atoms with Crippen LogP contribution in [-0.2, 0) is 9.59 Å². The fourth-order valence-electron chi connectivity index (χ4n) is 3.15. The zero-order valence-electron chi connectivity index (χ0n) is 12.9. The van der Waals surface area contributed by atoms with Crippen LogP contribution in [0.2, 0.25) is 0 Å². The molecule has 1 aliphatic heterocycles. The standard InChI is InChI=1S/C15H25N3O3/c1-11(2)6-9-16-12(19)10-18-14(21)17-13(20)15(18)7-4-3-5-8-15/h11H,3-10H2,1-2H3,(H,16,19)(H,17,20,21). The first-order valence-corrected chi connectivity index (χ1v) is 7.85. The molecule has 0 radical (unpaired) electrons. The van der Waals surface area contributed by atoms with Crippen molar-refractivity contribution in [3.05, 3.63) is 0 Å². The Labute approximate surface area is 125 Å². The van der Waals surface area contributed by atoms with Crippen LogP contribution in [0.5, 0.6) is 0 Å². The molecule has 1 heterocycles. The van der Waals surface area contributed by atoms with E-state index in [2.05, 4.69) is 24.5 Å². The number of nitrogens with one attached hydrogen (secondary N) is 2. The second-order valence-corrected chi connectivity index (χ2v) is 6.47. The van der Waals surface area contributed by atoms with E-state index in [1.807, 2.05) is 0 Å². The molecule has 1 saturated carbocycles. The summed E-state index contributed by atoms with van der Waals surface area (Å²) in [5.41, 5.74) is -0.787. The van der Waals surface area contributed by atoms with Gasteiger partial charge in [-0.1, -0.05) is 33.1 Å². The van der Waals surface area contributed by atoms with Crippen molar-refractivity contribution < 1.29 is 14.4 Å². The number of nitrogens with zero attached hydrogens (tertiary/aromatic N) is 1. The quantitative estimate of drug-likeness (QED) is 0.753. The van der Waals surface area contributed by atoms with Crippen LogP contribution in [0.15, 0.2) is 0 Å². The minimum Gasteiger partial charge on any atom is -0.355 e. The van der Waals surface area contributed by atoms with Gasteiger partial charge in [-0.15, -0.1) is 0 Å². The number of amides is 4. The number of imide groups is 1. The number of urea groups is 1. The molecule has 2 N–H and O–H groups in total. The van der Waals surface area contributed by atoms with Gasteiger partial charge in [0.25, 0.3) is 5.91 Å². The van der Waals surface area contributed by atoms with Crippen molar-refractivity contribution in [3.63, 3.8) is 0 Å². The molecular weight excluding hydrogens is 270 g/mol. The third kappa shape index (κ3) is 3.36. The molecule has 0 aromatic rings. The highest BCUT2D eigenvalue weighted by Crippen LogP contribution is 2.36. The van der Waals surface area contributed by atoms with E-state index in [1.54, 1.807) is 0 Å². The first-order valence-electron chi connectivity index (χ1n) is 7.85. The summed E-state index contributed by atoms with van der Waals surface area (Å²) in [5, 5.41) is 5.20. The summed E-state index contributed by atoms with van der Waals surface area (Å²) in [6, 6.07) is -0.430. The number of carbonyl (C=O) groups is 3. The number of hydrogen-bond donors (Lipinski definition) is 2. The Morgan fingerprint density at radius 1 is 1.29 bits per heavy atom. The summed E-state index contributed by atoms with van der Waals surface area (Å²) in [6.45, 7) is 4.76. The molecule has 6 nitrogen and oxygen atoms in total. The highest BCUT2D eigenvalue weighted by atomic mass is 16.2. The molecule has 1 spiro atoms. The van der Waals surface area contributed by atoms with Crippen LogP contribution in [0.4, 0.5) is 4.79 Å². The first kappa shape index (κ1) is 15.8. The second kappa shape index (κ2) is 6.45. The molecule has 2 aliphatic rings. The SMILES string of the molecule is CC(C)CCNC(=O)CN1C(=O)NC(=O)C12CCCCC2. The minimum atomic E-state index is -0.787. The molecular formula is C15H25N3O3. The molecule has 0 atom stereocenters. The maximum Gasteiger partial charge on any atom is 0.325 e. The van der Waals surface area contributed by atoms with Gasteiger partial charge < -0.3 is 10.2 Å². The Kier molecular flexibility index (Phi) is 4.85. The van der Waals surface area contributed by atoms with Gasteiger partial charge in [0, 0.05) is 6.54 Å². The average molecular weight is 295 g/mol. The smallest absolute Gasteiger partial charge is 0.325 e. The largest absolute Gasteiger partial charge is 0.355 e. The molecule has 1 saturated heterocycles. The van der Waals surface area contributed by atoms with Crippen molar-refractivity contribution in [3.8, 4) is 0 Å². The van der Waals surface area contributed by atoms with E-state index < -0.39 is 11.6 Å². The van der Waals surface area contributed by atoms with Crippen molar-refractivity contribution in [2.45, 2.75) is 57.9 Å². The summed E-state index contributed by atoms with van der Waals surface area (Å²) < 4.78 is 0. The van der Waals surface area contributed by atoms with Crippen LogP contribution in [0, 0.1) is 5.92 Å². The third-order valence-corrected chi connectivity index (χ3v) is 4.43. The molecule has 21 heavy (non-hydrogen) atoms. The van der Waals surface area contributed by atoms with E-state index in [-0.39, 0.29) is 18.4 Å². The van der Waals surface area contributed by atoms with Gasteiger partial charge in [-0.2, -0.15) is 0 Å². The topological polar surface area (TPSA) is 78.5 Å². The maximum absolute atomic E-state index is 12.2. The number of carbonyl (C=O) groups excluding carboxylic acids is 3. The van der Waals surface area contributed by atoms with Crippen molar-refractivity contribution in [2.75, 3.05) is 13.1 Å². The average Bonchev–Trinajstić information content (AvgIpc) is 2.64. The van der Waals surface area contributed by atoms with Crippen LogP contribution in [0.1, 0.15) is 52.4 Å². The van der Waals surface area contributed by atoms with Crippen LogP contribution >= 0.6 is 0 Å². The molecule has 118 valence electrons. The molecule has 2 fully saturated rings. The van der Waals surface area contributed by atoms with Crippen LogP contribution in [0.25, 0.3) is 0 Å². The Balaban J connectivity index is 1.97. The van der Waals surface area contributed by atoms with E-state index in [4.69, 9.17) is 0 Å². The van der Waals surface area contributed by atoms with Gasteiger partial charge in [0.05, 0.1) is 0 Å². The predicted molar refractivity (Wildman–Crippen MR) is 78.5 cm³/mol. The van der Waals surface area contributed by atoms with Gasteiger partial charge in [0.2, 0.25) is 5.91 Å². The highest BCUT2D eigenvalue weighted by Gasteiger charge is 2.53. The van der Waals surface area contributed by atoms with Gasteiger partial charge in [0.15, 0.2) is 0 Å². The number of hydrogen-bond acceptors (Lipinski definition) is 3. The van der Waals surface area contributed by atoms with Gasteiger partial charge in [-0.3, -0.25) is 14.9 Å². The zero-order valence-corrected chi connectivity index (χ0v) is 12.9. The fourth-order valence-corrected chi connectivity index (χ4v) is 3.15. The van der Waals surface area contributed by atoms with Crippen molar-refractivity contribution in [1.29, 1.82) is 0 Å². The van der Waals surface area contributed by atoms with Crippen LogP contribution in [0.3, 0.4) is 0 Å². The molecule has 0 unspecified atom stereocenters. The summed E-state index contributed by atoms with van der Waals surface area (Å²) in [7, 11) is 0. The van der Waals surface area contributed by atoms with Crippen molar-refractivity contribution in [1.82, 2.24) is 15.5 Å². The molecule has 0 aromatic carbocycles. The molecule has 0 aromatic heterocycles. The number of rotatable bonds is 5. The van der Waals surface area contributed by atoms with Crippen molar-refractivity contribution >= 4 is 17.8 Å². The van der Waals surface area contributed by atoms with E-state index in [0.29, 0.717) is 25.3 Å². The molecule has 1 aliphatic carbocycles. The van der Waals surface area contributed by atoms with E-state index in [1.165, 1.54) is 4.90 Å². The van der Waals surface area contributed by atoms with Crippen LogP contribution < -0.4 is 10.6 Å². The molecule has 4 amide bonds. The molecule has 0 bridgehead atoms. The Morgan fingerprint density at radius 3 is 2.57 bits per heavy atom. The Morgan fingerprint density at radius 2 is 1.95 bits per heavy atom. The summed E-state index contributed by atoms with van der Waals surface area (Å²) in [5.74, 6) is 0.0966. The normalized spacial score (nSPS) is 21.0. The zero-order chi connectivity index (χ0) is 15.5. The Hall–Kier alpha value is -1.59. The van der Waals surface area contributed by atoms with E-state index in [9.17, 15) is 14.4 Å². The lowest BCUT2D eigenvalue weighted by molar-refractivity contribution is -0.130. The summed E-state index contributed by atoms with van der Waals surface area (Å²) >= 11 is 0. The maximum atomic E-state index is 12.2. The third-order valence-electron chi connectivity index (χ3n) is 4.43. The fraction of sp³-hybridized carbons (Fsp3) is 0.800. The summed E-state index contributed by atoms with van der Waals surface area (Å²) in [4.78, 5) is 37.6. The van der Waals surface area contributed by atoms with Gasteiger partial charge in [0.1, 0.15) is 12.1 Å². The highest BCUT2D eigenvalue weighted by molar-refractivity contribution is 6.08. The van der Waals surface area contributed by atoms with Gasteiger partial charge >= 0.3 is 6.03 Å². The van der Waals surface area contributed by atoms with E-state index >= 15 is 0 Å². The monoisotopic (exact) mass is 295 g/mol. The molecule has 2 rings (SSSR count). The second-order valence-electron chi connectivity index (χ2n) is 6.47. The molecule has 6 heteroatoms. The lowest BCUT2D eigenvalue weighted by Crippen LogP contribution is -2.53. The van der Waals surface area contributed by atoms with Gasteiger partial charge in [-0.25, -0.2) is 4.79 Å². The first-order chi connectivity index (χ1) is 9.95. The van der Waals surface area contributed by atoms with Crippen LogP contribution in [-0.4, -0.2) is 41.4 Å².